The Labute approximate surface area is 86.4 Å². The topological polar surface area (TPSA) is 29.5 Å². The summed E-state index contributed by atoms with van der Waals surface area (Å²) in [6.07, 6.45) is 3.18. The van der Waals surface area contributed by atoms with Gasteiger partial charge in [0.05, 0.1) is 6.61 Å². The van der Waals surface area contributed by atoms with Gasteiger partial charge in [-0.05, 0) is 38.8 Å². The second-order valence-corrected chi connectivity index (χ2v) is 4.12. The number of rotatable bonds is 5. The van der Waals surface area contributed by atoms with Crippen LogP contribution in [-0.2, 0) is 9.53 Å². The van der Waals surface area contributed by atoms with Gasteiger partial charge in [0.25, 0.3) is 0 Å². The fourth-order valence-corrected chi connectivity index (χ4v) is 1.97. The highest BCUT2D eigenvalue weighted by Gasteiger charge is 2.16. The standard InChI is InChI=1S/C11H21NO2/c1-3-14-11(13)8-10(2)9-12-6-4-5-7-12/h10H,3-9H2,1-2H3. The first-order chi connectivity index (χ1) is 6.72. The van der Waals surface area contributed by atoms with Crippen molar-refractivity contribution in [2.45, 2.75) is 33.1 Å². The highest BCUT2D eigenvalue weighted by atomic mass is 16.5. The minimum absolute atomic E-state index is 0.0563. The van der Waals surface area contributed by atoms with E-state index in [2.05, 4.69) is 11.8 Å². The van der Waals surface area contributed by atoms with Crippen molar-refractivity contribution in [3.63, 3.8) is 0 Å². The van der Waals surface area contributed by atoms with Crippen LogP contribution in [0.2, 0.25) is 0 Å². The van der Waals surface area contributed by atoms with Gasteiger partial charge in [0, 0.05) is 13.0 Å². The molecule has 1 rings (SSSR count). The number of nitrogens with zero attached hydrogens (tertiary/aromatic N) is 1. The minimum Gasteiger partial charge on any atom is -0.466 e. The fourth-order valence-electron chi connectivity index (χ4n) is 1.97. The van der Waals surface area contributed by atoms with Gasteiger partial charge in [-0.25, -0.2) is 0 Å². The Balaban J connectivity index is 2.14. The minimum atomic E-state index is -0.0563. The fraction of sp³-hybridized carbons (Fsp3) is 0.909. The predicted octanol–water partition coefficient (Wildman–Crippen LogP) is 1.67. The van der Waals surface area contributed by atoms with E-state index < -0.39 is 0 Å². The number of ether oxygens (including phenoxy) is 1. The van der Waals surface area contributed by atoms with E-state index >= 15 is 0 Å². The third-order valence-electron chi connectivity index (χ3n) is 2.59. The van der Waals surface area contributed by atoms with Crippen LogP contribution in [0.4, 0.5) is 0 Å². The van der Waals surface area contributed by atoms with Gasteiger partial charge in [-0.1, -0.05) is 6.92 Å². The molecule has 0 saturated carbocycles. The zero-order chi connectivity index (χ0) is 10.4. The highest BCUT2D eigenvalue weighted by molar-refractivity contribution is 5.69. The lowest BCUT2D eigenvalue weighted by Gasteiger charge is -2.19. The molecule has 1 heterocycles. The van der Waals surface area contributed by atoms with E-state index in [0.29, 0.717) is 18.9 Å². The van der Waals surface area contributed by atoms with E-state index in [0.717, 1.165) is 6.54 Å². The average Bonchev–Trinajstić information content (AvgIpc) is 2.56. The number of carbonyl (C=O) groups excluding carboxylic acids is 1. The molecule has 3 nitrogen and oxygen atoms in total. The number of hydrogen-bond donors (Lipinski definition) is 0. The van der Waals surface area contributed by atoms with Crippen LogP contribution in [0.1, 0.15) is 33.1 Å². The number of likely N-dealkylation sites (tertiary alicyclic amines) is 1. The van der Waals surface area contributed by atoms with E-state index in [1.165, 1.54) is 25.9 Å². The summed E-state index contributed by atoms with van der Waals surface area (Å²) in [5.74, 6) is 0.367. The summed E-state index contributed by atoms with van der Waals surface area (Å²) >= 11 is 0. The molecule has 1 atom stereocenters. The van der Waals surface area contributed by atoms with Gasteiger partial charge in [-0.15, -0.1) is 0 Å². The van der Waals surface area contributed by atoms with Crippen molar-refractivity contribution in [2.75, 3.05) is 26.2 Å². The van der Waals surface area contributed by atoms with Gasteiger partial charge in [-0.2, -0.15) is 0 Å². The maximum absolute atomic E-state index is 11.2. The third kappa shape index (κ3) is 4.09. The Morgan fingerprint density at radius 1 is 1.43 bits per heavy atom. The van der Waals surface area contributed by atoms with Crippen LogP contribution in [-0.4, -0.2) is 37.1 Å². The summed E-state index contributed by atoms with van der Waals surface area (Å²) < 4.78 is 4.92. The molecule has 0 N–H and O–H groups in total. The molecule has 0 bridgehead atoms. The Kier molecular flexibility index (Phi) is 4.94. The summed E-state index contributed by atoms with van der Waals surface area (Å²) in [4.78, 5) is 13.6. The zero-order valence-corrected chi connectivity index (χ0v) is 9.29. The van der Waals surface area contributed by atoms with Gasteiger partial charge in [0.15, 0.2) is 0 Å². The summed E-state index contributed by atoms with van der Waals surface area (Å²) in [5, 5.41) is 0. The van der Waals surface area contributed by atoms with Crippen molar-refractivity contribution >= 4 is 5.97 Å². The summed E-state index contributed by atoms with van der Waals surface area (Å²) in [6, 6.07) is 0. The predicted molar refractivity (Wildman–Crippen MR) is 56.1 cm³/mol. The van der Waals surface area contributed by atoms with E-state index in [4.69, 9.17) is 4.74 Å². The number of carbonyl (C=O) groups is 1. The molecule has 0 aromatic rings. The molecule has 0 radical (unpaired) electrons. The third-order valence-corrected chi connectivity index (χ3v) is 2.59. The molecule has 1 aliphatic heterocycles. The smallest absolute Gasteiger partial charge is 0.306 e. The molecular formula is C11H21NO2. The van der Waals surface area contributed by atoms with Crippen molar-refractivity contribution in [2.24, 2.45) is 5.92 Å². The summed E-state index contributed by atoms with van der Waals surface area (Å²) in [5.41, 5.74) is 0. The van der Waals surface area contributed by atoms with Crippen LogP contribution in [0, 0.1) is 5.92 Å². The molecule has 82 valence electrons. The molecule has 0 aliphatic carbocycles. The van der Waals surface area contributed by atoms with E-state index in [9.17, 15) is 4.79 Å². The molecule has 1 fully saturated rings. The van der Waals surface area contributed by atoms with E-state index in [-0.39, 0.29) is 5.97 Å². The number of esters is 1. The van der Waals surface area contributed by atoms with Crippen molar-refractivity contribution in [1.82, 2.24) is 4.90 Å². The molecule has 1 saturated heterocycles. The Bertz CT molecular complexity index is 176. The molecule has 0 aromatic heterocycles. The molecule has 0 amide bonds. The maximum atomic E-state index is 11.2. The van der Waals surface area contributed by atoms with Crippen molar-refractivity contribution in [1.29, 1.82) is 0 Å². The van der Waals surface area contributed by atoms with Gasteiger partial charge in [-0.3, -0.25) is 4.79 Å². The van der Waals surface area contributed by atoms with Crippen molar-refractivity contribution in [3.8, 4) is 0 Å². The molecule has 1 aliphatic rings. The highest BCUT2D eigenvalue weighted by Crippen LogP contribution is 2.12. The molecular weight excluding hydrogens is 178 g/mol. The lowest BCUT2D eigenvalue weighted by atomic mass is 10.1. The lowest BCUT2D eigenvalue weighted by molar-refractivity contribution is -0.144. The average molecular weight is 199 g/mol. The molecule has 14 heavy (non-hydrogen) atoms. The number of hydrogen-bond acceptors (Lipinski definition) is 3. The molecule has 0 spiro atoms. The van der Waals surface area contributed by atoms with Gasteiger partial charge < -0.3 is 9.64 Å². The van der Waals surface area contributed by atoms with Crippen LogP contribution in [0.5, 0.6) is 0 Å². The second kappa shape index (κ2) is 6.02. The van der Waals surface area contributed by atoms with Gasteiger partial charge in [0.2, 0.25) is 0 Å². The van der Waals surface area contributed by atoms with Crippen molar-refractivity contribution < 1.29 is 9.53 Å². The summed E-state index contributed by atoms with van der Waals surface area (Å²) in [6.45, 7) is 7.91. The van der Waals surface area contributed by atoms with Crippen molar-refractivity contribution in [3.05, 3.63) is 0 Å². The van der Waals surface area contributed by atoms with Gasteiger partial charge in [0.1, 0.15) is 0 Å². The normalized spacial score (nSPS) is 19.6. The zero-order valence-electron chi connectivity index (χ0n) is 9.29. The Morgan fingerprint density at radius 2 is 2.07 bits per heavy atom. The molecule has 1 unspecified atom stereocenters. The quantitative estimate of drug-likeness (QED) is 0.631. The van der Waals surface area contributed by atoms with Crippen LogP contribution in [0.3, 0.4) is 0 Å². The lowest BCUT2D eigenvalue weighted by Crippen LogP contribution is -2.26. The van der Waals surface area contributed by atoms with Crippen LogP contribution in [0.15, 0.2) is 0 Å². The van der Waals surface area contributed by atoms with Crippen LogP contribution in [0.25, 0.3) is 0 Å². The monoisotopic (exact) mass is 199 g/mol. The van der Waals surface area contributed by atoms with Crippen LogP contribution < -0.4 is 0 Å². The molecule has 3 heteroatoms. The summed E-state index contributed by atoms with van der Waals surface area (Å²) in [7, 11) is 0. The molecule has 0 aromatic carbocycles. The Morgan fingerprint density at radius 3 is 2.64 bits per heavy atom. The van der Waals surface area contributed by atoms with Crippen LogP contribution >= 0.6 is 0 Å². The first-order valence-corrected chi connectivity index (χ1v) is 5.60. The van der Waals surface area contributed by atoms with Gasteiger partial charge >= 0.3 is 5.97 Å². The largest absolute Gasteiger partial charge is 0.466 e. The SMILES string of the molecule is CCOC(=O)CC(C)CN1CCCC1. The Hall–Kier alpha value is -0.570. The first kappa shape index (κ1) is 11.5. The van der Waals surface area contributed by atoms with E-state index in [1.807, 2.05) is 6.92 Å². The van der Waals surface area contributed by atoms with E-state index in [1.54, 1.807) is 0 Å². The first-order valence-electron chi connectivity index (χ1n) is 5.60. The second-order valence-electron chi connectivity index (χ2n) is 4.12. The maximum Gasteiger partial charge on any atom is 0.306 e.